The largest absolute Gasteiger partial charge is 0.417 e. The summed E-state index contributed by atoms with van der Waals surface area (Å²) < 4.78 is 38.2. The van der Waals surface area contributed by atoms with E-state index in [1.165, 1.54) is 12.1 Å². The first-order chi connectivity index (χ1) is 9.86. The van der Waals surface area contributed by atoms with E-state index >= 15 is 0 Å². The quantitative estimate of drug-likeness (QED) is 0.680. The van der Waals surface area contributed by atoms with Crippen LogP contribution in [0.15, 0.2) is 24.3 Å². The van der Waals surface area contributed by atoms with Crippen LogP contribution in [-0.2, 0) is 11.0 Å². The van der Waals surface area contributed by atoms with E-state index in [0.717, 1.165) is 12.1 Å². The fourth-order valence-electron chi connectivity index (χ4n) is 1.57. The Labute approximate surface area is 119 Å². The normalized spacial score (nSPS) is 11.0. The van der Waals surface area contributed by atoms with E-state index in [4.69, 9.17) is 0 Å². The van der Waals surface area contributed by atoms with E-state index in [-0.39, 0.29) is 6.54 Å². The van der Waals surface area contributed by atoms with Crippen molar-refractivity contribution < 1.29 is 22.8 Å². The summed E-state index contributed by atoms with van der Waals surface area (Å²) in [7, 11) is 1.71. The second-order valence-corrected chi connectivity index (χ2v) is 4.18. The van der Waals surface area contributed by atoms with Crippen molar-refractivity contribution >= 4 is 11.8 Å². The zero-order valence-corrected chi connectivity index (χ0v) is 11.4. The Hall–Kier alpha value is -2.09. The number of nitrogens with one attached hydrogen (secondary N) is 3. The Kier molecular flexibility index (Phi) is 6.16. The molecule has 0 saturated carbocycles. The number of benzene rings is 1. The van der Waals surface area contributed by atoms with Gasteiger partial charge in [0.1, 0.15) is 0 Å². The maximum absolute atomic E-state index is 12.7. The average molecular weight is 303 g/mol. The van der Waals surface area contributed by atoms with Crippen molar-refractivity contribution in [2.24, 2.45) is 0 Å². The highest BCUT2D eigenvalue weighted by molar-refractivity contribution is 5.97. The molecule has 116 valence electrons. The lowest BCUT2D eigenvalue weighted by atomic mass is 10.1. The first-order valence-electron chi connectivity index (χ1n) is 6.22. The highest BCUT2D eigenvalue weighted by Gasteiger charge is 2.34. The molecule has 0 radical (unpaired) electrons. The van der Waals surface area contributed by atoms with Gasteiger partial charge in [0.15, 0.2) is 0 Å². The monoisotopic (exact) mass is 303 g/mol. The van der Waals surface area contributed by atoms with Gasteiger partial charge >= 0.3 is 6.18 Å². The van der Waals surface area contributed by atoms with Gasteiger partial charge in [0.2, 0.25) is 5.91 Å². The molecule has 0 aromatic heterocycles. The van der Waals surface area contributed by atoms with Crippen LogP contribution < -0.4 is 16.0 Å². The maximum Gasteiger partial charge on any atom is 0.417 e. The van der Waals surface area contributed by atoms with Crippen molar-refractivity contribution in [1.29, 1.82) is 0 Å². The minimum atomic E-state index is -4.62. The lowest BCUT2D eigenvalue weighted by molar-refractivity contribution is -0.137. The number of likely N-dealkylation sites (N-methyl/N-ethyl adjacent to an activating group) is 1. The van der Waals surface area contributed by atoms with E-state index in [1.54, 1.807) is 7.05 Å². The van der Waals surface area contributed by atoms with Gasteiger partial charge in [0, 0.05) is 13.1 Å². The second kappa shape index (κ2) is 7.63. The fraction of sp³-hybridized carbons (Fsp3) is 0.385. The van der Waals surface area contributed by atoms with Gasteiger partial charge in [-0.25, -0.2) is 0 Å². The molecule has 1 aromatic rings. The lowest BCUT2D eigenvalue weighted by Crippen LogP contribution is -2.39. The molecule has 0 saturated heterocycles. The van der Waals surface area contributed by atoms with E-state index < -0.39 is 29.1 Å². The lowest BCUT2D eigenvalue weighted by Gasteiger charge is -2.12. The van der Waals surface area contributed by atoms with Crippen molar-refractivity contribution in [3.8, 4) is 0 Å². The zero-order valence-electron chi connectivity index (χ0n) is 11.4. The molecule has 1 rings (SSSR count). The van der Waals surface area contributed by atoms with Crippen molar-refractivity contribution in [2.45, 2.75) is 6.18 Å². The third-order valence-electron chi connectivity index (χ3n) is 2.58. The standard InChI is InChI=1S/C13H16F3N3O2/c1-17-6-7-18-11(20)8-19-12(21)9-4-2-3-5-10(9)13(14,15)16/h2-5,17H,6-8H2,1H3,(H,18,20)(H,19,21). The van der Waals surface area contributed by atoms with Crippen LogP contribution in [-0.4, -0.2) is 38.5 Å². The van der Waals surface area contributed by atoms with E-state index in [9.17, 15) is 22.8 Å². The molecule has 5 nitrogen and oxygen atoms in total. The smallest absolute Gasteiger partial charge is 0.353 e. The van der Waals surface area contributed by atoms with Gasteiger partial charge in [-0.2, -0.15) is 13.2 Å². The summed E-state index contributed by atoms with van der Waals surface area (Å²) in [6.07, 6.45) is -4.62. The predicted octanol–water partition coefficient (Wildman–Crippen LogP) is 0.771. The van der Waals surface area contributed by atoms with E-state index in [2.05, 4.69) is 16.0 Å². The second-order valence-electron chi connectivity index (χ2n) is 4.18. The summed E-state index contributed by atoms with van der Waals surface area (Å²) in [4.78, 5) is 23.1. The first-order valence-corrected chi connectivity index (χ1v) is 6.22. The Bertz CT molecular complexity index is 504. The molecule has 0 aliphatic heterocycles. The third kappa shape index (κ3) is 5.42. The summed E-state index contributed by atoms with van der Waals surface area (Å²) in [5.74, 6) is -1.41. The van der Waals surface area contributed by atoms with Gasteiger partial charge < -0.3 is 16.0 Å². The number of amides is 2. The van der Waals surface area contributed by atoms with Crippen molar-refractivity contribution in [2.75, 3.05) is 26.7 Å². The minimum Gasteiger partial charge on any atom is -0.353 e. The highest BCUT2D eigenvalue weighted by Crippen LogP contribution is 2.31. The van der Waals surface area contributed by atoms with Crippen LogP contribution in [0.4, 0.5) is 13.2 Å². The summed E-state index contributed by atoms with van der Waals surface area (Å²) in [6.45, 7) is 0.537. The summed E-state index contributed by atoms with van der Waals surface area (Å²) in [5, 5.41) is 7.47. The zero-order chi connectivity index (χ0) is 15.9. The molecule has 0 bridgehead atoms. The van der Waals surface area contributed by atoms with Gasteiger partial charge in [-0.3, -0.25) is 9.59 Å². The Balaban J connectivity index is 2.63. The van der Waals surface area contributed by atoms with Crippen LogP contribution in [0.5, 0.6) is 0 Å². The number of carbonyl (C=O) groups is 2. The van der Waals surface area contributed by atoms with Crippen LogP contribution in [0, 0.1) is 0 Å². The van der Waals surface area contributed by atoms with Gasteiger partial charge in [0.25, 0.3) is 5.91 Å². The number of hydrogen-bond acceptors (Lipinski definition) is 3. The van der Waals surface area contributed by atoms with Crippen LogP contribution in [0.3, 0.4) is 0 Å². The topological polar surface area (TPSA) is 70.2 Å². The Morgan fingerprint density at radius 1 is 1.10 bits per heavy atom. The van der Waals surface area contributed by atoms with Gasteiger partial charge in [-0.15, -0.1) is 0 Å². The van der Waals surface area contributed by atoms with Crippen LogP contribution in [0.1, 0.15) is 15.9 Å². The summed E-state index contributed by atoms with van der Waals surface area (Å²) >= 11 is 0. The number of hydrogen-bond donors (Lipinski definition) is 3. The minimum absolute atomic E-state index is 0.365. The Morgan fingerprint density at radius 2 is 1.76 bits per heavy atom. The number of alkyl halides is 3. The predicted molar refractivity (Wildman–Crippen MR) is 70.7 cm³/mol. The molecule has 0 spiro atoms. The van der Waals surface area contributed by atoms with Gasteiger partial charge in [-0.1, -0.05) is 12.1 Å². The first kappa shape index (κ1) is 17.0. The van der Waals surface area contributed by atoms with Gasteiger partial charge in [-0.05, 0) is 19.2 Å². The van der Waals surface area contributed by atoms with Gasteiger partial charge in [0.05, 0.1) is 17.7 Å². The molecule has 0 fully saturated rings. The average Bonchev–Trinajstić information content (AvgIpc) is 2.44. The van der Waals surface area contributed by atoms with Crippen LogP contribution in [0.2, 0.25) is 0 Å². The molecular weight excluding hydrogens is 287 g/mol. The van der Waals surface area contributed by atoms with E-state index in [1.807, 2.05) is 0 Å². The van der Waals surface area contributed by atoms with E-state index in [0.29, 0.717) is 13.1 Å². The molecule has 0 atom stereocenters. The fourth-order valence-corrected chi connectivity index (χ4v) is 1.57. The molecule has 0 heterocycles. The molecule has 0 aliphatic rings. The highest BCUT2D eigenvalue weighted by atomic mass is 19.4. The third-order valence-corrected chi connectivity index (χ3v) is 2.58. The van der Waals surface area contributed by atoms with Crippen molar-refractivity contribution in [1.82, 2.24) is 16.0 Å². The SMILES string of the molecule is CNCCNC(=O)CNC(=O)c1ccccc1C(F)(F)F. The molecule has 0 unspecified atom stereocenters. The maximum atomic E-state index is 12.7. The summed E-state index contributed by atoms with van der Waals surface area (Å²) in [5.41, 5.74) is -1.54. The molecule has 3 N–H and O–H groups in total. The van der Waals surface area contributed by atoms with Crippen molar-refractivity contribution in [3.05, 3.63) is 35.4 Å². The summed E-state index contributed by atoms with van der Waals surface area (Å²) in [6, 6.07) is 4.42. The molecule has 21 heavy (non-hydrogen) atoms. The number of rotatable bonds is 6. The number of carbonyl (C=O) groups excluding carboxylic acids is 2. The molecule has 0 aliphatic carbocycles. The van der Waals surface area contributed by atoms with Crippen molar-refractivity contribution in [3.63, 3.8) is 0 Å². The van der Waals surface area contributed by atoms with Crippen LogP contribution >= 0.6 is 0 Å². The molecular formula is C13H16F3N3O2. The molecule has 1 aromatic carbocycles. The molecule has 8 heteroatoms. The molecule has 2 amide bonds. The Morgan fingerprint density at radius 3 is 2.38 bits per heavy atom. The van der Waals surface area contributed by atoms with Crippen LogP contribution in [0.25, 0.3) is 0 Å². The number of halogens is 3.